The molecule has 2 aliphatic rings. The second-order valence-corrected chi connectivity index (χ2v) is 12.3. The third-order valence-corrected chi connectivity index (χ3v) is 8.09. The number of ketones is 1. The Morgan fingerprint density at radius 1 is 0.610 bits per heavy atom. The number of aliphatic carboxylic acids is 1. The Morgan fingerprint density at radius 3 is 1.10 bits per heavy atom. The van der Waals surface area contributed by atoms with Gasteiger partial charge in [-0.1, -0.05) is 121 Å². The minimum Gasteiger partial charge on any atom is -0.481 e. The average molecular weight is 587 g/mol. The second-order valence-electron chi connectivity index (χ2n) is 12.3. The number of carbonyl (C=O) groups is 3. The summed E-state index contributed by atoms with van der Waals surface area (Å²) in [5, 5.41) is 17.0. The summed E-state index contributed by atoms with van der Waals surface area (Å²) in [6.45, 7) is 21.0. The molecule has 0 aromatic heterocycles. The van der Waals surface area contributed by atoms with E-state index in [9.17, 15) is 14.4 Å². The molecule has 0 unspecified atom stereocenters. The smallest absolute Gasteiger partial charge is 0.306 e. The van der Waals surface area contributed by atoms with Crippen molar-refractivity contribution in [3.05, 3.63) is 0 Å². The van der Waals surface area contributed by atoms with Crippen molar-refractivity contribution in [3.8, 4) is 0 Å². The van der Waals surface area contributed by atoms with Crippen LogP contribution in [-0.2, 0) is 19.1 Å². The van der Waals surface area contributed by atoms with Crippen LogP contribution in [0, 0.1) is 23.7 Å². The van der Waals surface area contributed by atoms with E-state index < -0.39 is 11.9 Å². The molecule has 6 heteroatoms. The van der Waals surface area contributed by atoms with Gasteiger partial charge in [0.2, 0.25) is 0 Å². The van der Waals surface area contributed by atoms with Crippen LogP contribution in [0.4, 0.5) is 0 Å². The zero-order valence-electron chi connectivity index (χ0n) is 28.8. The average Bonchev–Trinajstić information content (AvgIpc) is 2.98. The first-order valence-corrected chi connectivity index (χ1v) is 16.9. The highest BCUT2D eigenvalue weighted by molar-refractivity contribution is 5.77. The highest BCUT2D eigenvalue weighted by Crippen LogP contribution is 2.27. The van der Waals surface area contributed by atoms with Crippen molar-refractivity contribution < 1.29 is 29.3 Å². The third-order valence-electron chi connectivity index (χ3n) is 8.09. The summed E-state index contributed by atoms with van der Waals surface area (Å²) >= 11 is 0. The van der Waals surface area contributed by atoms with E-state index in [0.717, 1.165) is 49.4 Å². The molecule has 0 saturated heterocycles. The molecule has 0 aliphatic heterocycles. The van der Waals surface area contributed by atoms with Crippen LogP contribution in [0.15, 0.2) is 0 Å². The Morgan fingerprint density at radius 2 is 0.927 bits per heavy atom. The molecule has 2 N–H and O–H groups in total. The Bertz CT molecular complexity index is 550. The SMILES string of the molecule is CC1CCC(C)CC1.CC1CCC(C)CC1.CCC(=O)CC.CCC(CC)OC(=O)CCC(=O)O.CCC(O)CC. The van der Waals surface area contributed by atoms with E-state index in [-0.39, 0.29) is 25.0 Å². The fraction of sp³-hybridized carbons (Fsp3) is 0.914. The summed E-state index contributed by atoms with van der Waals surface area (Å²) in [6.07, 6.45) is 16.2. The largest absolute Gasteiger partial charge is 0.481 e. The van der Waals surface area contributed by atoms with Gasteiger partial charge in [0.25, 0.3) is 0 Å². The summed E-state index contributed by atoms with van der Waals surface area (Å²) < 4.78 is 5.00. The summed E-state index contributed by atoms with van der Waals surface area (Å²) in [6, 6.07) is 0. The summed E-state index contributed by atoms with van der Waals surface area (Å²) in [7, 11) is 0. The van der Waals surface area contributed by atoms with Gasteiger partial charge in [-0.25, -0.2) is 0 Å². The van der Waals surface area contributed by atoms with Crippen molar-refractivity contribution in [1.82, 2.24) is 0 Å². The molecule has 246 valence electrons. The van der Waals surface area contributed by atoms with Gasteiger partial charge in [0.05, 0.1) is 18.9 Å². The summed E-state index contributed by atoms with van der Waals surface area (Å²) in [5.74, 6) is 3.03. The van der Waals surface area contributed by atoms with Crippen LogP contribution in [0.5, 0.6) is 0 Å². The van der Waals surface area contributed by atoms with E-state index in [1.165, 1.54) is 51.4 Å². The van der Waals surface area contributed by atoms with Gasteiger partial charge in [-0.3, -0.25) is 14.4 Å². The standard InChI is InChI=1S/C9H16O4.2C8H16.C5H12O.C5H10O/c1-3-7(4-2)13-9(12)6-5-8(10)11;2*1-7-3-5-8(2)6-4-7;2*1-3-5(6)4-2/h7H,3-6H2,1-2H3,(H,10,11);2*7-8H,3-6H2,1-2H3;5-6H,3-4H2,1-2H3;3-4H2,1-2H3. The van der Waals surface area contributed by atoms with E-state index in [2.05, 4.69) is 27.7 Å². The Balaban J connectivity index is -0.000000456. The Kier molecular flexibility index (Phi) is 32.3. The number of carboxylic acids is 1. The molecule has 0 atom stereocenters. The van der Waals surface area contributed by atoms with Crippen LogP contribution >= 0.6 is 0 Å². The molecule has 2 aliphatic carbocycles. The molecule has 41 heavy (non-hydrogen) atoms. The number of ether oxygens (including phenoxy) is 1. The van der Waals surface area contributed by atoms with Gasteiger partial charge in [-0.2, -0.15) is 0 Å². The molecule has 2 saturated carbocycles. The lowest BCUT2D eigenvalue weighted by atomic mass is 9.84. The van der Waals surface area contributed by atoms with Gasteiger partial charge < -0.3 is 14.9 Å². The van der Waals surface area contributed by atoms with Crippen molar-refractivity contribution >= 4 is 17.7 Å². The van der Waals surface area contributed by atoms with Gasteiger partial charge >= 0.3 is 11.9 Å². The van der Waals surface area contributed by atoms with Gasteiger partial charge in [0, 0.05) is 12.8 Å². The number of esters is 1. The number of rotatable bonds is 10. The molecular formula is C35H70O6. The molecule has 0 radical (unpaired) electrons. The molecule has 2 fully saturated rings. The summed E-state index contributed by atoms with van der Waals surface area (Å²) in [5.41, 5.74) is 0. The zero-order valence-corrected chi connectivity index (χ0v) is 28.8. The van der Waals surface area contributed by atoms with Crippen molar-refractivity contribution in [1.29, 1.82) is 0 Å². The van der Waals surface area contributed by atoms with E-state index in [1.54, 1.807) is 0 Å². The van der Waals surface area contributed by atoms with Crippen molar-refractivity contribution in [3.63, 3.8) is 0 Å². The van der Waals surface area contributed by atoms with E-state index in [0.29, 0.717) is 18.6 Å². The monoisotopic (exact) mass is 587 g/mol. The van der Waals surface area contributed by atoms with Gasteiger partial charge in [-0.05, 0) is 49.4 Å². The molecule has 0 bridgehead atoms. The third kappa shape index (κ3) is 32.9. The molecular weight excluding hydrogens is 516 g/mol. The van der Waals surface area contributed by atoms with Crippen LogP contribution < -0.4 is 0 Å². The highest BCUT2D eigenvalue weighted by Gasteiger charge is 2.14. The summed E-state index contributed by atoms with van der Waals surface area (Å²) in [4.78, 5) is 31.3. The first-order chi connectivity index (χ1) is 19.3. The van der Waals surface area contributed by atoms with Gasteiger partial charge in [0.15, 0.2) is 0 Å². The maximum absolute atomic E-state index is 11.0. The lowest BCUT2D eigenvalue weighted by Crippen LogP contribution is -2.17. The minimum absolute atomic E-state index is 0.0359. The van der Waals surface area contributed by atoms with Crippen LogP contribution in [0.1, 0.15) is 172 Å². The van der Waals surface area contributed by atoms with Crippen molar-refractivity contribution in [2.24, 2.45) is 23.7 Å². The van der Waals surface area contributed by atoms with Crippen LogP contribution in [0.3, 0.4) is 0 Å². The Labute approximate surface area is 254 Å². The molecule has 6 nitrogen and oxygen atoms in total. The molecule has 0 heterocycles. The number of hydrogen-bond acceptors (Lipinski definition) is 5. The predicted octanol–water partition coefficient (Wildman–Crippen LogP) is 9.79. The number of carboxylic acid groups (broad SMARTS) is 1. The first kappa shape index (κ1) is 44.0. The molecule has 0 spiro atoms. The second kappa shape index (κ2) is 30.0. The fourth-order valence-electron chi connectivity index (χ4n) is 4.30. The van der Waals surface area contributed by atoms with Gasteiger partial charge in [-0.15, -0.1) is 0 Å². The van der Waals surface area contributed by atoms with Gasteiger partial charge in [0.1, 0.15) is 11.9 Å². The molecule has 0 aromatic carbocycles. The van der Waals surface area contributed by atoms with Crippen molar-refractivity contribution in [2.45, 2.75) is 184 Å². The number of Topliss-reactive ketones (excluding diaryl/α,β-unsaturated/α-hetero) is 1. The quantitative estimate of drug-likeness (QED) is 0.247. The van der Waals surface area contributed by atoms with E-state index >= 15 is 0 Å². The minimum atomic E-state index is -0.971. The number of aliphatic hydroxyl groups is 1. The number of aliphatic hydroxyl groups excluding tert-OH is 1. The topological polar surface area (TPSA) is 101 Å². The molecule has 0 amide bonds. The maximum atomic E-state index is 11.0. The lowest BCUT2D eigenvalue weighted by Gasteiger charge is -2.22. The number of hydrogen-bond donors (Lipinski definition) is 2. The van der Waals surface area contributed by atoms with E-state index in [1.807, 2.05) is 41.5 Å². The number of carbonyl (C=O) groups excluding carboxylic acids is 2. The highest BCUT2D eigenvalue weighted by atomic mass is 16.5. The fourth-order valence-corrected chi connectivity index (χ4v) is 4.30. The maximum Gasteiger partial charge on any atom is 0.306 e. The van der Waals surface area contributed by atoms with Crippen LogP contribution in [-0.4, -0.2) is 40.1 Å². The Hall–Kier alpha value is -1.43. The van der Waals surface area contributed by atoms with E-state index in [4.69, 9.17) is 14.9 Å². The van der Waals surface area contributed by atoms with Crippen LogP contribution in [0.2, 0.25) is 0 Å². The predicted molar refractivity (Wildman–Crippen MR) is 173 cm³/mol. The molecule has 0 aromatic rings. The van der Waals surface area contributed by atoms with Crippen LogP contribution in [0.25, 0.3) is 0 Å². The molecule has 2 rings (SSSR count). The first-order valence-electron chi connectivity index (χ1n) is 16.9. The lowest BCUT2D eigenvalue weighted by molar-refractivity contribution is -0.152. The van der Waals surface area contributed by atoms with Crippen molar-refractivity contribution in [2.75, 3.05) is 0 Å². The normalized spacial score (nSPS) is 21.4. The zero-order chi connectivity index (χ0) is 32.2.